The molecule has 0 radical (unpaired) electrons. The number of hydrogen-bond acceptors (Lipinski definition) is 7. The lowest BCUT2D eigenvalue weighted by Gasteiger charge is -2.18. The molecule has 1 saturated carbocycles. The average molecular weight is 544 g/mol. The highest BCUT2D eigenvalue weighted by Crippen LogP contribution is 2.35. The van der Waals surface area contributed by atoms with E-state index in [9.17, 15) is 14.4 Å². The molecule has 2 unspecified atom stereocenters. The van der Waals surface area contributed by atoms with Crippen LogP contribution in [0.3, 0.4) is 0 Å². The number of para-hydroxylation sites is 1. The monoisotopic (exact) mass is 543 g/mol. The third-order valence-electron chi connectivity index (χ3n) is 7.36. The minimum atomic E-state index is -0.334. The fourth-order valence-electron chi connectivity index (χ4n) is 5.13. The Morgan fingerprint density at radius 2 is 1.92 bits per heavy atom. The second kappa shape index (κ2) is 10.6. The molecule has 2 fully saturated rings. The maximum atomic E-state index is 13.2. The molecule has 2 atom stereocenters. The van der Waals surface area contributed by atoms with Gasteiger partial charge in [-0.25, -0.2) is 5.10 Å². The van der Waals surface area contributed by atoms with Crippen LogP contribution in [0.15, 0.2) is 59.4 Å². The van der Waals surface area contributed by atoms with Crippen molar-refractivity contribution in [2.75, 3.05) is 13.1 Å². The van der Waals surface area contributed by atoms with Crippen LogP contribution in [0.25, 0.3) is 10.9 Å². The Morgan fingerprint density at radius 3 is 2.67 bits per heavy atom. The zero-order chi connectivity index (χ0) is 26.9. The molecular formula is C29H29N5O4S. The minimum Gasteiger partial charge on any atom is -0.489 e. The number of nitrogens with zero attached hydrogens (tertiary/aromatic N) is 3. The number of aryl methyl sites for hydroxylation is 1. The Balaban J connectivity index is 1.12. The number of aromatic nitrogens is 3. The van der Waals surface area contributed by atoms with Gasteiger partial charge in [0.2, 0.25) is 5.91 Å². The summed E-state index contributed by atoms with van der Waals surface area (Å²) in [4.78, 5) is 43.8. The van der Waals surface area contributed by atoms with Crippen LogP contribution in [-0.4, -0.2) is 51.0 Å². The summed E-state index contributed by atoms with van der Waals surface area (Å²) in [7, 11) is 0. The molecular weight excluding hydrogens is 514 g/mol. The molecule has 2 aliphatic rings. The van der Waals surface area contributed by atoms with E-state index in [-0.39, 0.29) is 28.6 Å². The highest BCUT2D eigenvalue weighted by atomic mass is 32.1. The van der Waals surface area contributed by atoms with E-state index in [4.69, 9.17) is 4.74 Å². The van der Waals surface area contributed by atoms with E-state index >= 15 is 0 Å². The van der Waals surface area contributed by atoms with E-state index in [2.05, 4.69) is 20.5 Å². The molecule has 2 aromatic heterocycles. The number of benzene rings is 2. The predicted molar refractivity (Wildman–Crippen MR) is 148 cm³/mol. The lowest BCUT2D eigenvalue weighted by Crippen LogP contribution is -2.40. The largest absolute Gasteiger partial charge is 0.489 e. The van der Waals surface area contributed by atoms with Gasteiger partial charge in [0.25, 0.3) is 5.91 Å². The van der Waals surface area contributed by atoms with Crippen LogP contribution in [0.5, 0.6) is 5.75 Å². The number of pyridine rings is 1. The Morgan fingerprint density at radius 1 is 1.13 bits per heavy atom. The molecule has 9 nitrogen and oxygen atoms in total. The van der Waals surface area contributed by atoms with Crippen LogP contribution in [0.1, 0.15) is 51.8 Å². The molecule has 2 amide bonds. The number of carbonyl (C=O) groups is 2. The topological polar surface area (TPSA) is 117 Å². The quantitative estimate of drug-likeness (QED) is 0.349. The first-order chi connectivity index (χ1) is 18.9. The molecule has 1 aliphatic heterocycles. The van der Waals surface area contributed by atoms with Gasteiger partial charge in [-0.15, -0.1) is 0 Å². The van der Waals surface area contributed by atoms with Crippen molar-refractivity contribution < 1.29 is 14.3 Å². The number of ether oxygens (including phenoxy) is 1. The molecule has 200 valence electrons. The first-order valence-corrected chi connectivity index (χ1v) is 14.0. The van der Waals surface area contributed by atoms with Gasteiger partial charge in [-0.1, -0.05) is 29.5 Å². The molecule has 6 rings (SSSR count). The Labute approximate surface area is 229 Å². The van der Waals surface area contributed by atoms with Crippen LogP contribution in [0.2, 0.25) is 0 Å². The summed E-state index contributed by atoms with van der Waals surface area (Å²) in [5.41, 5.74) is 3.40. The Hall–Kier alpha value is -4.05. The molecule has 10 heteroatoms. The smallest absolute Gasteiger partial charge is 0.322 e. The molecule has 3 heterocycles. The van der Waals surface area contributed by atoms with Crippen molar-refractivity contribution in [3.8, 4) is 5.75 Å². The number of hydrogen-bond donors (Lipinski definition) is 2. The van der Waals surface area contributed by atoms with E-state index in [0.717, 1.165) is 46.3 Å². The average Bonchev–Trinajstić information content (AvgIpc) is 3.48. The Bertz CT molecular complexity index is 1580. The maximum Gasteiger partial charge on any atom is 0.322 e. The number of fused-ring (bicyclic) bond motifs is 1. The normalized spacial score (nSPS) is 18.8. The number of carbonyl (C=O) groups excluding carboxylic acids is 2. The van der Waals surface area contributed by atoms with Gasteiger partial charge in [0.1, 0.15) is 17.4 Å². The first-order valence-electron chi connectivity index (χ1n) is 13.1. The van der Waals surface area contributed by atoms with Crippen LogP contribution >= 0.6 is 11.3 Å². The van der Waals surface area contributed by atoms with Crippen molar-refractivity contribution in [2.24, 2.45) is 5.92 Å². The van der Waals surface area contributed by atoms with E-state index < -0.39 is 0 Å². The summed E-state index contributed by atoms with van der Waals surface area (Å²) in [6, 6.07) is 16.7. The SMILES string of the molecule is Cc1cc(COc2ccc(C(=O)NC3CN(C(=O)CC4CC4)CC3c3n[nH]c(=O)s3)cc2)c2ccccc2n1. The van der Waals surface area contributed by atoms with Crippen LogP contribution in [-0.2, 0) is 11.4 Å². The molecule has 39 heavy (non-hydrogen) atoms. The van der Waals surface area contributed by atoms with Crippen molar-refractivity contribution >= 4 is 34.1 Å². The van der Waals surface area contributed by atoms with Gasteiger partial charge in [-0.3, -0.25) is 19.4 Å². The van der Waals surface area contributed by atoms with Gasteiger partial charge in [0.05, 0.1) is 17.5 Å². The lowest BCUT2D eigenvalue weighted by molar-refractivity contribution is -0.130. The summed E-state index contributed by atoms with van der Waals surface area (Å²) in [6.45, 7) is 3.19. The molecule has 0 bridgehead atoms. The summed E-state index contributed by atoms with van der Waals surface area (Å²) in [5.74, 6) is 0.754. The fraction of sp³-hybridized carbons (Fsp3) is 0.345. The molecule has 1 saturated heterocycles. The highest BCUT2D eigenvalue weighted by molar-refractivity contribution is 7.08. The lowest BCUT2D eigenvalue weighted by atomic mass is 10.0. The van der Waals surface area contributed by atoms with Gasteiger partial charge < -0.3 is 15.0 Å². The van der Waals surface area contributed by atoms with Gasteiger partial charge in [0, 0.05) is 41.7 Å². The Kier molecular flexibility index (Phi) is 6.86. The van der Waals surface area contributed by atoms with Crippen LogP contribution in [0.4, 0.5) is 0 Å². The van der Waals surface area contributed by atoms with Crippen molar-refractivity contribution in [1.82, 2.24) is 25.4 Å². The van der Waals surface area contributed by atoms with Crippen molar-refractivity contribution in [1.29, 1.82) is 0 Å². The van der Waals surface area contributed by atoms with Gasteiger partial charge >= 0.3 is 4.87 Å². The summed E-state index contributed by atoms with van der Waals surface area (Å²) in [5, 5.41) is 11.3. The third kappa shape index (κ3) is 5.70. The number of likely N-dealkylation sites (tertiary alicyclic amines) is 1. The minimum absolute atomic E-state index is 0.0980. The second-order valence-electron chi connectivity index (χ2n) is 10.3. The van der Waals surface area contributed by atoms with Crippen LogP contribution < -0.4 is 14.9 Å². The molecule has 1 aliphatic carbocycles. The van der Waals surface area contributed by atoms with Crippen molar-refractivity contribution in [3.63, 3.8) is 0 Å². The summed E-state index contributed by atoms with van der Waals surface area (Å²) >= 11 is 1.03. The van der Waals surface area contributed by atoms with Gasteiger partial charge in [-0.2, -0.15) is 5.10 Å². The van der Waals surface area contributed by atoms with E-state index in [1.165, 1.54) is 0 Å². The fourth-order valence-corrected chi connectivity index (χ4v) is 5.89. The van der Waals surface area contributed by atoms with E-state index in [0.29, 0.717) is 48.4 Å². The summed E-state index contributed by atoms with van der Waals surface area (Å²) < 4.78 is 6.03. The number of nitrogens with one attached hydrogen (secondary N) is 2. The number of amides is 2. The van der Waals surface area contributed by atoms with Crippen molar-refractivity contribution in [2.45, 2.75) is 44.8 Å². The standard InChI is InChI=1S/C29H29N5O4S/c1-17-12-20(22-4-2-3-5-24(22)30-17)16-38-21-10-8-19(9-11-21)27(36)31-25-15-34(26(35)13-18-6-7-18)14-23(25)28-32-33-29(37)39-28/h2-5,8-12,18,23,25H,6-7,13-16H2,1H3,(H,31,36)(H,33,37). The van der Waals surface area contributed by atoms with E-state index in [1.54, 1.807) is 29.2 Å². The molecule has 2 aromatic carbocycles. The zero-order valence-corrected chi connectivity index (χ0v) is 22.4. The highest BCUT2D eigenvalue weighted by Gasteiger charge is 2.40. The number of rotatable bonds is 8. The van der Waals surface area contributed by atoms with E-state index in [1.807, 2.05) is 37.3 Å². The molecule has 0 spiro atoms. The number of H-pyrrole nitrogens is 1. The first kappa shape index (κ1) is 25.2. The van der Waals surface area contributed by atoms with Crippen LogP contribution in [0, 0.1) is 12.8 Å². The van der Waals surface area contributed by atoms with Gasteiger partial charge in [0.15, 0.2) is 0 Å². The maximum absolute atomic E-state index is 13.2. The van der Waals surface area contributed by atoms with Crippen molar-refractivity contribution in [3.05, 3.63) is 86.1 Å². The molecule has 4 aromatic rings. The van der Waals surface area contributed by atoms with Gasteiger partial charge in [-0.05, 0) is 62.1 Å². The third-order valence-corrected chi connectivity index (χ3v) is 8.24. The number of aromatic amines is 1. The zero-order valence-electron chi connectivity index (χ0n) is 21.6. The second-order valence-corrected chi connectivity index (χ2v) is 11.3. The predicted octanol–water partition coefficient (Wildman–Crippen LogP) is 3.79. The molecule has 2 N–H and O–H groups in total. The summed E-state index contributed by atoms with van der Waals surface area (Å²) in [6.07, 6.45) is 2.74.